The number of aromatic nitrogens is 2. The van der Waals surface area contributed by atoms with Gasteiger partial charge in [0.15, 0.2) is 0 Å². The number of H-pyrrole nitrogens is 1. The van der Waals surface area contributed by atoms with Crippen LogP contribution in [0.25, 0.3) is 0 Å². The number of esters is 1. The Bertz CT molecular complexity index is 1590. The summed E-state index contributed by atoms with van der Waals surface area (Å²) in [6, 6.07) is 11.8. The number of imide groups is 1. The normalized spacial score (nSPS) is 20.9. The molecule has 2 N–H and O–H groups in total. The molecule has 0 radical (unpaired) electrons. The van der Waals surface area contributed by atoms with Gasteiger partial charge in [0.25, 0.3) is 5.91 Å². The van der Waals surface area contributed by atoms with Crippen LogP contribution in [0.5, 0.6) is 0 Å². The molecular formula is C29H27Cl2N7O5. The second-order valence-electron chi connectivity index (χ2n) is 10.4. The molecule has 222 valence electrons. The van der Waals surface area contributed by atoms with Crippen LogP contribution in [0.15, 0.2) is 55.0 Å². The number of urea groups is 1. The Labute approximate surface area is 257 Å². The number of rotatable bonds is 8. The zero-order valence-electron chi connectivity index (χ0n) is 23.2. The number of methoxy groups -OCH3 is 1. The van der Waals surface area contributed by atoms with Crippen LogP contribution in [0.1, 0.15) is 22.7 Å². The van der Waals surface area contributed by atoms with Crippen molar-refractivity contribution in [1.29, 1.82) is 5.26 Å². The first kappa shape index (κ1) is 30.0. The second-order valence-corrected chi connectivity index (χ2v) is 11.3. The number of nitrogens with zero attached hydrogens (tertiary/aromatic N) is 5. The summed E-state index contributed by atoms with van der Waals surface area (Å²) in [5, 5.41) is 12.5. The first-order chi connectivity index (χ1) is 20.6. The Morgan fingerprint density at radius 1 is 1.21 bits per heavy atom. The number of anilines is 1. The van der Waals surface area contributed by atoms with E-state index in [9.17, 15) is 24.4 Å². The number of aromatic amines is 1. The first-order valence-electron chi connectivity index (χ1n) is 13.2. The summed E-state index contributed by atoms with van der Waals surface area (Å²) in [5.41, 5.74) is 0.626. The van der Waals surface area contributed by atoms with Crippen LogP contribution in [-0.4, -0.2) is 89.0 Å². The minimum absolute atomic E-state index is 0.0282. The number of ether oxygens (including phenoxy) is 1. The van der Waals surface area contributed by atoms with Crippen LogP contribution < -0.4 is 10.2 Å². The maximum Gasteiger partial charge on any atom is 0.332 e. The minimum atomic E-state index is -1.39. The number of carbonyl (C=O) groups is 4. The lowest BCUT2D eigenvalue weighted by Gasteiger charge is -2.34. The van der Waals surface area contributed by atoms with Crippen molar-refractivity contribution in [3.63, 3.8) is 0 Å². The average Bonchev–Trinajstić information content (AvgIpc) is 3.67. The molecule has 2 fully saturated rings. The lowest BCUT2D eigenvalue weighted by atomic mass is 9.80. The molecule has 3 aromatic rings. The van der Waals surface area contributed by atoms with Crippen molar-refractivity contribution in [3.05, 3.63) is 81.9 Å². The second kappa shape index (κ2) is 12.0. The van der Waals surface area contributed by atoms with E-state index in [0.29, 0.717) is 16.8 Å². The molecule has 1 aromatic heterocycles. The summed E-state index contributed by atoms with van der Waals surface area (Å²) >= 11 is 12.4. The van der Waals surface area contributed by atoms with E-state index in [4.69, 9.17) is 27.9 Å². The lowest BCUT2D eigenvalue weighted by Crippen LogP contribution is -2.54. The van der Waals surface area contributed by atoms with Crippen molar-refractivity contribution in [2.45, 2.75) is 23.9 Å². The molecule has 0 bridgehead atoms. The molecule has 3 unspecified atom stereocenters. The highest BCUT2D eigenvalue weighted by atomic mass is 35.5. The van der Waals surface area contributed by atoms with Gasteiger partial charge in [-0.3, -0.25) is 14.5 Å². The number of carbonyl (C=O) groups excluding carboxylic acids is 4. The maximum atomic E-state index is 14.3. The Morgan fingerprint density at radius 3 is 2.51 bits per heavy atom. The number of hydrogen-bond donors (Lipinski definition) is 2. The van der Waals surface area contributed by atoms with Crippen molar-refractivity contribution in [2.75, 3.05) is 38.7 Å². The lowest BCUT2D eigenvalue weighted by molar-refractivity contribution is -0.145. The molecule has 2 aromatic carbocycles. The van der Waals surface area contributed by atoms with Gasteiger partial charge in [0.05, 0.1) is 37.3 Å². The highest BCUT2D eigenvalue weighted by Gasteiger charge is 2.64. The van der Waals surface area contributed by atoms with Crippen molar-refractivity contribution < 1.29 is 23.9 Å². The molecule has 14 heteroatoms. The Kier molecular flexibility index (Phi) is 8.41. The number of imidazole rings is 1. The maximum absolute atomic E-state index is 14.3. The largest absolute Gasteiger partial charge is 0.467 e. The summed E-state index contributed by atoms with van der Waals surface area (Å²) in [4.78, 5) is 64.7. The van der Waals surface area contributed by atoms with Gasteiger partial charge in [0.2, 0.25) is 5.91 Å². The number of likely N-dealkylation sites (N-methyl/N-ethyl adjacent to an activating group) is 1. The molecule has 12 nitrogen and oxygen atoms in total. The van der Waals surface area contributed by atoms with Crippen LogP contribution in [0.2, 0.25) is 10.0 Å². The Balaban J connectivity index is 1.45. The van der Waals surface area contributed by atoms with Crippen LogP contribution in [0.3, 0.4) is 0 Å². The van der Waals surface area contributed by atoms with E-state index in [2.05, 4.69) is 21.4 Å². The summed E-state index contributed by atoms with van der Waals surface area (Å²) in [7, 11) is 2.78. The van der Waals surface area contributed by atoms with Gasteiger partial charge in [-0.1, -0.05) is 35.3 Å². The van der Waals surface area contributed by atoms with E-state index in [1.54, 1.807) is 42.4 Å². The molecule has 0 saturated carbocycles. The third-order valence-electron chi connectivity index (χ3n) is 7.85. The van der Waals surface area contributed by atoms with Crippen LogP contribution in [0.4, 0.5) is 10.5 Å². The zero-order chi connectivity index (χ0) is 30.9. The van der Waals surface area contributed by atoms with Crippen LogP contribution in [0, 0.1) is 11.3 Å². The quantitative estimate of drug-likeness (QED) is 0.287. The number of amides is 4. The minimum Gasteiger partial charge on any atom is -0.467 e. The van der Waals surface area contributed by atoms with Crippen molar-refractivity contribution in [1.82, 2.24) is 25.1 Å². The Hall–Kier alpha value is -4.44. The molecule has 2 saturated heterocycles. The van der Waals surface area contributed by atoms with E-state index in [0.717, 1.165) is 4.90 Å². The highest BCUT2D eigenvalue weighted by molar-refractivity contribution is 6.35. The molecule has 5 rings (SSSR count). The SMILES string of the molecule is COC(=O)C(Cc1cnc[nH]1)NC(=O)CN1CC(c2ccc(C#N)cc2)C2(C1)C(=O)N(c1cc(Cl)cc(Cl)c1)C(=O)N2C. The molecule has 43 heavy (non-hydrogen) atoms. The average molecular weight is 624 g/mol. The van der Waals surface area contributed by atoms with Gasteiger partial charge >= 0.3 is 12.0 Å². The topological polar surface area (TPSA) is 152 Å². The van der Waals surface area contributed by atoms with E-state index in [1.165, 1.54) is 36.5 Å². The predicted octanol–water partition coefficient (Wildman–Crippen LogP) is 2.73. The van der Waals surface area contributed by atoms with Gasteiger partial charge < -0.3 is 19.9 Å². The van der Waals surface area contributed by atoms with Crippen LogP contribution >= 0.6 is 23.2 Å². The molecule has 2 aliphatic heterocycles. The van der Waals surface area contributed by atoms with Gasteiger partial charge in [-0.15, -0.1) is 0 Å². The van der Waals surface area contributed by atoms with E-state index in [-0.39, 0.29) is 41.8 Å². The molecule has 1 spiro atoms. The standard InChI is InChI=1S/C29H27Cl2N7O5/c1-36-28(42)38(22-8-19(30)7-20(31)9-22)27(41)29(36)15-37(13-23(29)18-5-3-17(11-32)4-6-18)14-25(39)35-24(26(40)43-2)10-21-12-33-16-34-21/h3-9,12,16,23-24H,10,13-15H2,1-2H3,(H,33,34)(H,35,39). The number of nitriles is 1. The summed E-state index contributed by atoms with van der Waals surface area (Å²) in [6.07, 6.45) is 3.16. The number of hydrogen-bond acceptors (Lipinski definition) is 8. The number of likely N-dealkylation sites (tertiary alicyclic amines) is 1. The molecular weight excluding hydrogens is 597 g/mol. The van der Waals surface area contributed by atoms with E-state index < -0.39 is 41.3 Å². The van der Waals surface area contributed by atoms with Crippen LogP contribution in [-0.2, 0) is 25.5 Å². The van der Waals surface area contributed by atoms with Crippen molar-refractivity contribution >= 4 is 52.7 Å². The summed E-state index contributed by atoms with van der Waals surface area (Å²) < 4.78 is 4.87. The van der Waals surface area contributed by atoms with Crippen molar-refractivity contribution in [2.24, 2.45) is 0 Å². The van der Waals surface area contributed by atoms with Gasteiger partial charge in [-0.2, -0.15) is 5.26 Å². The number of benzene rings is 2. The predicted molar refractivity (Wildman–Crippen MR) is 156 cm³/mol. The van der Waals surface area contributed by atoms with Gasteiger partial charge in [0.1, 0.15) is 11.6 Å². The number of halogens is 2. The van der Waals surface area contributed by atoms with E-state index >= 15 is 0 Å². The molecule has 2 aliphatic rings. The fourth-order valence-electron chi connectivity index (χ4n) is 5.81. The van der Waals surface area contributed by atoms with Gasteiger partial charge in [-0.25, -0.2) is 19.5 Å². The van der Waals surface area contributed by atoms with E-state index in [1.807, 2.05) is 0 Å². The summed E-state index contributed by atoms with van der Waals surface area (Å²) in [5.74, 6) is -2.15. The third kappa shape index (κ3) is 5.67. The van der Waals surface area contributed by atoms with Gasteiger partial charge in [0, 0.05) is 54.4 Å². The molecule has 3 atom stereocenters. The smallest absolute Gasteiger partial charge is 0.332 e. The fourth-order valence-corrected chi connectivity index (χ4v) is 6.32. The third-order valence-corrected chi connectivity index (χ3v) is 8.28. The monoisotopic (exact) mass is 623 g/mol. The first-order valence-corrected chi connectivity index (χ1v) is 14.0. The number of nitrogens with one attached hydrogen (secondary N) is 2. The fraction of sp³-hybridized carbons (Fsp3) is 0.310. The molecule has 0 aliphatic carbocycles. The molecule has 3 heterocycles. The highest BCUT2D eigenvalue weighted by Crippen LogP contribution is 2.46. The van der Waals surface area contributed by atoms with Crippen molar-refractivity contribution in [3.8, 4) is 6.07 Å². The Morgan fingerprint density at radius 2 is 1.91 bits per heavy atom. The van der Waals surface area contributed by atoms with Gasteiger partial charge in [-0.05, 0) is 35.9 Å². The zero-order valence-corrected chi connectivity index (χ0v) is 24.7. The summed E-state index contributed by atoms with van der Waals surface area (Å²) in [6.45, 7) is 0.0972. The molecule has 4 amide bonds.